The van der Waals surface area contributed by atoms with E-state index in [1.165, 1.54) is 0 Å². The van der Waals surface area contributed by atoms with Crippen LogP contribution in [0.1, 0.15) is 107 Å². The molecule has 0 heterocycles. The third-order valence-corrected chi connectivity index (χ3v) is 4.15. The average Bonchev–Trinajstić information content (AvgIpc) is 2.65. The highest BCUT2D eigenvalue weighted by atomic mass is 17.2. The lowest BCUT2D eigenvalue weighted by atomic mass is 10.0. The quantitative estimate of drug-likeness (QED) is 0.126. The number of hydrogen-bond donors (Lipinski definition) is 0. The largest absolute Gasteiger partial charge is 0.513 e. The van der Waals surface area contributed by atoms with Crippen molar-refractivity contribution < 1.29 is 33.8 Å². The van der Waals surface area contributed by atoms with Crippen LogP contribution in [0.25, 0.3) is 0 Å². The zero-order chi connectivity index (χ0) is 21.6. The van der Waals surface area contributed by atoms with Gasteiger partial charge in [0.05, 0.1) is 11.2 Å². The van der Waals surface area contributed by atoms with Gasteiger partial charge in [0.1, 0.15) is 0 Å². The molecule has 0 radical (unpaired) electrons. The van der Waals surface area contributed by atoms with Gasteiger partial charge in [-0.15, -0.1) is 0 Å². The summed E-state index contributed by atoms with van der Waals surface area (Å²) in [5.41, 5.74) is -0.909. The number of carbonyl (C=O) groups is 1. The standard InChI is InChI=1S/C21H42O7/c1-9-13-15-20(5,6)27-25-17(11-3)23-19(22)24-18(12-4)26-28-21(7,8)16-14-10-2/h17-18H,9-16H2,1-8H3. The molecule has 0 aromatic heterocycles. The predicted octanol–water partition coefficient (Wildman–Crippen LogP) is 6.45. The van der Waals surface area contributed by atoms with Crippen LogP contribution in [-0.4, -0.2) is 29.9 Å². The number of unbranched alkanes of at least 4 members (excludes halogenated alkanes) is 2. The molecule has 0 aromatic rings. The van der Waals surface area contributed by atoms with E-state index in [0.29, 0.717) is 12.8 Å². The van der Waals surface area contributed by atoms with Gasteiger partial charge in [0.25, 0.3) is 0 Å². The Hall–Kier alpha value is -0.890. The molecule has 2 atom stereocenters. The van der Waals surface area contributed by atoms with Gasteiger partial charge < -0.3 is 9.47 Å². The van der Waals surface area contributed by atoms with E-state index in [1.807, 2.05) is 41.5 Å². The first-order chi connectivity index (χ1) is 13.1. The van der Waals surface area contributed by atoms with E-state index in [2.05, 4.69) is 13.8 Å². The normalized spacial score (nSPS) is 14.6. The molecule has 0 rings (SSSR count). The van der Waals surface area contributed by atoms with Crippen LogP contribution in [0, 0.1) is 0 Å². The van der Waals surface area contributed by atoms with E-state index < -0.39 is 29.9 Å². The first-order valence-electron chi connectivity index (χ1n) is 10.6. The third-order valence-electron chi connectivity index (χ3n) is 4.15. The van der Waals surface area contributed by atoms with Crippen molar-refractivity contribution in [2.75, 3.05) is 0 Å². The number of hydrogen-bond acceptors (Lipinski definition) is 7. The van der Waals surface area contributed by atoms with Crippen molar-refractivity contribution in [2.24, 2.45) is 0 Å². The topological polar surface area (TPSA) is 72.5 Å². The molecule has 0 aliphatic carbocycles. The maximum absolute atomic E-state index is 12.1. The molecular formula is C21H42O7. The Labute approximate surface area is 171 Å². The molecule has 0 saturated carbocycles. The maximum atomic E-state index is 12.1. The molecule has 0 aliphatic heterocycles. The summed E-state index contributed by atoms with van der Waals surface area (Å²) in [6.07, 6.45) is 4.16. The zero-order valence-electron chi connectivity index (χ0n) is 19.2. The molecule has 0 spiro atoms. The highest BCUT2D eigenvalue weighted by Crippen LogP contribution is 2.21. The van der Waals surface area contributed by atoms with Crippen molar-refractivity contribution in [1.82, 2.24) is 0 Å². The van der Waals surface area contributed by atoms with Gasteiger partial charge in [-0.1, -0.05) is 53.4 Å². The van der Waals surface area contributed by atoms with Crippen LogP contribution < -0.4 is 0 Å². The first kappa shape index (κ1) is 27.1. The summed E-state index contributed by atoms with van der Waals surface area (Å²) in [5.74, 6) is 0. The predicted molar refractivity (Wildman–Crippen MR) is 107 cm³/mol. The van der Waals surface area contributed by atoms with Gasteiger partial charge in [0.2, 0.25) is 12.6 Å². The molecule has 0 saturated heterocycles. The van der Waals surface area contributed by atoms with Crippen LogP contribution in [0.4, 0.5) is 4.79 Å². The van der Waals surface area contributed by atoms with Gasteiger partial charge >= 0.3 is 6.16 Å². The van der Waals surface area contributed by atoms with Crippen molar-refractivity contribution >= 4 is 6.16 Å². The summed E-state index contributed by atoms with van der Waals surface area (Å²) in [6, 6.07) is 0. The SMILES string of the molecule is CCCCC(C)(C)OOC(CC)OC(=O)OC(CC)OOC(C)(C)CCCC. The fraction of sp³-hybridized carbons (Fsp3) is 0.952. The lowest BCUT2D eigenvalue weighted by Gasteiger charge is -2.27. The fourth-order valence-corrected chi connectivity index (χ4v) is 2.24. The van der Waals surface area contributed by atoms with Crippen LogP contribution >= 0.6 is 0 Å². The number of carbonyl (C=O) groups excluding carboxylic acids is 1. The minimum atomic E-state index is -0.886. The summed E-state index contributed by atoms with van der Waals surface area (Å²) < 4.78 is 10.4. The molecule has 0 bridgehead atoms. The molecule has 0 N–H and O–H groups in total. The second-order valence-corrected chi connectivity index (χ2v) is 8.25. The first-order valence-corrected chi connectivity index (χ1v) is 10.6. The van der Waals surface area contributed by atoms with E-state index >= 15 is 0 Å². The van der Waals surface area contributed by atoms with E-state index in [1.54, 1.807) is 0 Å². The summed E-state index contributed by atoms with van der Waals surface area (Å²) in [7, 11) is 0. The van der Waals surface area contributed by atoms with E-state index in [4.69, 9.17) is 29.0 Å². The molecule has 28 heavy (non-hydrogen) atoms. The second kappa shape index (κ2) is 14.1. The molecule has 2 unspecified atom stereocenters. The Morgan fingerprint density at radius 2 is 1.07 bits per heavy atom. The van der Waals surface area contributed by atoms with Crippen molar-refractivity contribution in [3.63, 3.8) is 0 Å². The molecule has 168 valence electrons. The van der Waals surface area contributed by atoms with Crippen LogP contribution in [0.3, 0.4) is 0 Å². The summed E-state index contributed by atoms with van der Waals surface area (Å²) in [6.45, 7) is 15.6. The maximum Gasteiger partial charge on any atom is 0.513 e. The molecule has 0 amide bonds. The van der Waals surface area contributed by atoms with Crippen molar-refractivity contribution in [1.29, 1.82) is 0 Å². The van der Waals surface area contributed by atoms with E-state index in [-0.39, 0.29) is 0 Å². The average molecular weight is 407 g/mol. The van der Waals surface area contributed by atoms with Crippen LogP contribution in [0.5, 0.6) is 0 Å². The Morgan fingerprint density at radius 3 is 1.36 bits per heavy atom. The van der Waals surface area contributed by atoms with Crippen molar-refractivity contribution in [3.8, 4) is 0 Å². The van der Waals surface area contributed by atoms with Gasteiger partial charge in [-0.25, -0.2) is 14.6 Å². The third kappa shape index (κ3) is 13.3. The van der Waals surface area contributed by atoms with Gasteiger partial charge in [-0.2, -0.15) is 9.78 Å². The number of rotatable bonds is 16. The molecule has 0 aliphatic rings. The minimum Gasteiger partial charge on any atom is -0.401 e. The number of ether oxygens (including phenoxy) is 2. The van der Waals surface area contributed by atoms with Gasteiger partial charge in [-0.05, 0) is 40.5 Å². The van der Waals surface area contributed by atoms with Crippen molar-refractivity contribution in [3.05, 3.63) is 0 Å². The smallest absolute Gasteiger partial charge is 0.401 e. The lowest BCUT2D eigenvalue weighted by molar-refractivity contribution is -0.424. The van der Waals surface area contributed by atoms with E-state index in [9.17, 15) is 4.79 Å². The highest BCUT2D eigenvalue weighted by Gasteiger charge is 2.26. The Morgan fingerprint density at radius 1 is 0.714 bits per heavy atom. The summed E-state index contributed by atoms with van der Waals surface area (Å²) in [5, 5.41) is 0. The zero-order valence-corrected chi connectivity index (χ0v) is 19.2. The van der Waals surface area contributed by atoms with Crippen LogP contribution in [0.2, 0.25) is 0 Å². The van der Waals surface area contributed by atoms with Crippen LogP contribution in [-0.2, 0) is 29.0 Å². The summed E-state index contributed by atoms with van der Waals surface area (Å²) in [4.78, 5) is 33.6. The Balaban J connectivity index is 4.40. The summed E-state index contributed by atoms with van der Waals surface area (Å²) >= 11 is 0. The lowest BCUT2D eigenvalue weighted by Crippen LogP contribution is -2.32. The second-order valence-electron chi connectivity index (χ2n) is 8.25. The fourth-order valence-electron chi connectivity index (χ4n) is 2.24. The molecule has 7 heteroatoms. The van der Waals surface area contributed by atoms with Crippen LogP contribution in [0.15, 0.2) is 0 Å². The molecule has 0 aromatic carbocycles. The highest BCUT2D eigenvalue weighted by molar-refractivity contribution is 5.60. The Bertz CT molecular complexity index is 374. The van der Waals surface area contributed by atoms with E-state index in [0.717, 1.165) is 38.5 Å². The molecule has 0 fully saturated rings. The van der Waals surface area contributed by atoms with Gasteiger partial charge in [-0.3, -0.25) is 0 Å². The minimum absolute atomic E-state index is 0.428. The Kier molecular flexibility index (Phi) is 13.7. The molecular weight excluding hydrogens is 364 g/mol. The monoisotopic (exact) mass is 406 g/mol. The van der Waals surface area contributed by atoms with Gasteiger partial charge in [0, 0.05) is 12.8 Å². The van der Waals surface area contributed by atoms with Gasteiger partial charge in [0.15, 0.2) is 0 Å². The van der Waals surface area contributed by atoms with Crippen molar-refractivity contribution in [2.45, 2.75) is 131 Å². The molecule has 7 nitrogen and oxygen atoms in total.